The molecule has 2 aromatic carbocycles. The molecule has 2 saturated heterocycles. The maximum atomic E-state index is 12.8. The molecule has 39 heavy (non-hydrogen) atoms. The van der Waals surface area contributed by atoms with Crippen LogP contribution in [0, 0.1) is 5.41 Å². The molecule has 3 aliphatic heterocycles. The van der Waals surface area contributed by atoms with E-state index in [-0.39, 0.29) is 27.8 Å². The summed E-state index contributed by atoms with van der Waals surface area (Å²) in [6, 6.07) is 18.9. The quantitative estimate of drug-likeness (QED) is 0.448. The fourth-order valence-corrected chi connectivity index (χ4v) is 7.33. The number of para-hydroxylation sites is 1. The molecule has 0 bridgehead atoms. The number of ether oxygens (including phenoxy) is 1. The maximum Gasteiger partial charge on any atom is 0.322 e. The number of urea groups is 1. The number of nitrogens with one attached hydrogen (secondary N) is 1. The Balaban J connectivity index is 1.18. The Morgan fingerprint density at radius 1 is 1.10 bits per heavy atom. The van der Waals surface area contributed by atoms with Gasteiger partial charge in [0, 0.05) is 44.3 Å². The lowest BCUT2D eigenvalue weighted by molar-refractivity contribution is -0.0791. The molecule has 8 heteroatoms. The third-order valence-electron chi connectivity index (χ3n) is 8.45. The third-order valence-corrected chi connectivity index (χ3v) is 9.99. The second-order valence-electron chi connectivity index (χ2n) is 12.5. The molecule has 0 aliphatic carbocycles. The number of fused-ring (bicyclic) bond motifs is 1. The Bertz CT molecular complexity index is 1120. The molecule has 2 N–H and O–H groups in total. The zero-order chi connectivity index (χ0) is 27.6. The number of aliphatic hydroxyl groups is 1. The molecule has 2 aromatic rings. The van der Waals surface area contributed by atoms with E-state index in [2.05, 4.69) is 79.2 Å². The molecule has 0 spiro atoms. The summed E-state index contributed by atoms with van der Waals surface area (Å²) in [7, 11) is 0. The first-order valence-corrected chi connectivity index (χ1v) is 15.2. The topological polar surface area (TPSA) is 68.3 Å². The normalized spacial score (nSPS) is 26.2. The predicted molar refractivity (Wildman–Crippen MR) is 158 cm³/mol. The minimum Gasteiger partial charge on any atom is -0.378 e. The summed E-state index contributed by atoms with van der Waals surface area (Å²) in [5, 5.41) is 14.3. The van der Waals surface area contributed by atoms with Gasteiger partial charge in [0.1, 0.15) is 18.4 Å². The van der Waals surface area contributed by atoms with Crippen molar-refractivity contribution in [3.05, 3.63) is 65.7 Å². The Morgan fingerprint density at radius 3 is 2.51 bits per heavy atom. The summed E-state index contributed by atoms with van der Waals surface area (Å²) < 4.78 is 6.34. The largest absolute Gasteiger partial charge is 0.378 e. The second kappa shape index (κ2) is 11.8. The first kappa shape index (κ1) is 28.4. The van der Waals surface area contributed by atoms with Crippen molar-refractivity contribution in [2.45, 2.75) is 82.5 Å². The minimum absolute atomic E-state index is 0.0177. The molecule has 0 radical (unpaired) electrons. The van der Waals surface area contributed by atoms with Crippen molar-refractivity contribution < 1.29 is 14.6 Å². The number of benzene rings is 2. The molecule has 212 valence electrons. The number of carbonyl (C=O) groups is 1. The molecule has 3 atom stereocenters. The predicted octanol–water partition coefficient (Wildman–Crippen LogP) is 5.87. The van der Waals surface area contributed by atoms with E-state index in [1.54, 1.807) is 0 Å². The van der Waals surface area contributed by atoms with Gasteiger partial charge in [0.05, 0.1) is 4.87 Å². The molecule has 7 nitrogen and oxygen atoms in total. The van der Waals surface area contributed by atoms with Crippen molar-refractivity contribution in [3.63, 3.8) is 0 Å². The Hall–Kier alpha value is -2.10. The van der Waals surface area contributed by atoms with E-state index in [1.807, 2.05) is 34.9 Å². The van der Waals surface area contributed by atoms with Gasteiger partial charge in [-0.3, -0.25) is 9.80 Å². The van der Waals surface area contributed by atoms with Gasteiger partial charge < -0.3 is 20.1 Å². The van der Waals surface area contributed by atoms with E-state index >= 15 is 0 Å². The number of rotatable bonds is 7. The average molecular weight is 553 g/mol. The van der Waals surface area contributed by atoms with Crippen molar-refractivity contribution >= 4 is 23.5 Å². The monoisotopic (exact) mass is 552 g/mol. The van der Waals surface area contributed by atoms with Crippen LogP contribution in [0.5, 0.6) is 0 Å². The second-order valence-corrected chi connectivity index (χ2v) is 14.0. The molecule has 2 amide bonds. The minimum atomic E-state index is -0.569. The van der Waals surface area contributed by atoms with Gasteiger partial charge in [-0.25, -0.2) is 4.79 Å². The number of aliphatic hydroxyl groups excluding tert-OH is 1. The molecule has 5 rings (SSSR count). The fraction of sp³-hybridized carbons (Fsp3) is 0.581. The number of hydrogen-bond acceptors (Lipinski definition) is 6. The van der Waals surface area contributed by atoms with Gasteiger partial charge in [0.2, 0.25) is 0 Å². The summed E-state index contributed by atoms with van der Waals surface area (Å²) in [6.07, 6.45) is 2.78. The van der Waals surface area contributed by atoms with Gasteiger partial charge in [-0.2, -0.15) is 0 Å². The van der Waals surface area contributed by atoms with Crippen LogP contribution in [0.15, 0.2) is 54.6 Å². The number of hydrogen-bond donors (Lipinski definition) is 2. The number of carbonyl (C=O) groups excluding carboxylic acids is 1. The lowest BCUT2D eigenvalue weighted by Gasteiger charge is -2.48. The van der Waals surface area contributed by atoms with Crippen LogP contribution >= 0.6 is 11.8 Å². The number of nitrogens with zero attached hydrogens (tertiary/aromatic N) is 3. The van der Waals surface area contributed by atoms with Crippen LogP contribution in [0.1, 0.15) is 64.5 Å². The van der Waals surface area contributed by atoms with Crippen LogP contribution in [0.25, 0.3) is 0 Å². The van der Waals surface area contributed by atoms with E-state index in [1.165, 1.54) is 5.56 Å². The van der Waals surface area contributed by atoms with Crippen molar-refractivity contribution in [2.75, 3.05) is 31.7 Å². The van der Waals surface area contributed by atoms with Gasteiger partial charge in [0.25, 0.3) is 0 Å². The van der Waals surface area contributed by atoms with Gasteiger partial charge in [0.15, 0.2) is 0 Å². The van der Waals surface area contributed by atoms with E-state index in [9.17, 15) is 9.90 Å². The highest BCUT2D eigenvalue weighted by Crippen LogP contribution is 2.47. The smallest absolute Gasteiger partial charge is 0.322 e. The standard InChI is InChI=1S/C31H44N4O3S/c1-30(2,3)16-19-34-22-38-28(39-31(34,4)24-11-6-5-7-12-24)20-27(36)33-17-14-25(15-18-33)35-21-23-10-8-9-13-26(23)32-29(35)37/h5-13,25,27-28,36H,14-22H2,1-4H3,(H,32,37). The van der Waals surface area contributed by atoms with Gasteiger partial charge in [-0.15, -0.1) is 11.8 Å². The number of thioether (sulfide) groups is 1. The number of likely N-dealkylation sites (tertiary alicyclic amines) is 1. The summed E-state index contributed by atoms with van der Waals surface area (Å²) in [5.41, 5.74) is 3.49. The SMILES string of the molecule is CC(C)(C)CCN1COC(CC(O)N2CCC(N3Cc4ccccc4NC3=O)CC2)SC1(C)c1ccccc1. The van der Waals surface area contributed by atoms with Crippen LogP contribution in [0.2, 0.25) is 0 Å². The average Bonchev–Trinajstić information content (AvgIpc) is 2.92. The third kappa shape index (κ3) is 6.63. The first-order valence-electron chi connectivity index (χ1n) is 14.3. The van der Waals surface area contributed by atoms with Crippen LogP contribution in [0.3, 0.4) is 0 Å². The van der Waals surface area contributed by atoms with E-state index in [0.29, 0.717) is 19.7 Å². The molecule has 2 fully saturated rings. The van der Waals surface area contributed by atoms with Crippen LogP contribution in [-0.2, 0) is 16.2 Å². The number of amides is 2. The molecule has 3 heterocycles. The molecule has 3 unspecified atom stereocenters. The molecule has 3 aliphatic rings. The molecule has 0 saturated carbocycles. The van der Waals surface area contributed by atoms with Crippen molar-refractivity contribution in [1.82, 2.24) is 14.7 Å². The van der Waals surface area contributed by atoms with Crippen LogP contribution in [0.4, 0.5) is 10.5 Å². The Labute approximate surface area is 237 Å². The van der Waals surface area contributed by atoms with Crippen LogP contribution < -0.4 is 5.32 Å². The van der Waals surface area contributed by atoms with Gasteiger partial charge in [-0.05, 0) is 48.8 Å². The molecular formula is C31H44N4O3S. The van der Waals surface area contributed by atoms with E-state index in [4.69, 9.17) is 4.74 Å². The van der Waals surface area contributed by atoms with Crippen molar-refractivity contribution in [1.29, 1.82) is 0 Å². The lowest BCUT2D eigenvalue weighted by Crippen LogP contribution is -2.53. The Morgan fingerprint density at radius 2 is 1.79 bits per heavy atom. The van der Waals surface area contributed by atoms with Crippen LogP contribution in [-0.4, -0.2) is 69.9 Å². The highest BCUT2D eigenvalue weighted by Gasteiger charge is 2.43. The molecular weight excluding hydrogens is 508 g/mol. The molecule has 0 aromatic heterocycles. The van der Waals surface area contributed by atoms with E-state index in [0.717, 1.165) is 50.1 Å². The van der Waals surface area contributed by atoms with Crippen molar-refractivity contribution in [2.24, 2.45) is 5.41 Å². The van der Waals surface area contributed by atoms with Gasteiger partial charge >= 0.3 is 6.03 Å². The summed E-state index contributed by atoms with van der Waals surface area (Å²) in [5.74, 6) is 0. The highest BCUT2D eigenvalue weighted by molar-refractivity contribution is 8.00. The first-order chi connectivity index (χ1) is 18.6. The van der Waals surface area contributed by atoms with Crippen molar-refractivity contribution in [3.8, 4) is 0 Å². The lowest BCUT2D eigenvalue weighted by atomic mass is 9.91. The fourth-order valence-electron chi connectivity index (χ4n) is 5.86. The zero-order valence-electron chi connectivity index (χ0n) is 23.8. The number of anilines is 1. The summed E-state index contributed by atoms with van der Waals surface area (Å²) in [4.78, 5) is 19.1. The maximum absolute atomic E-state index is 12.8. The van der Waals surface area contributed by atoms with Gasteiger partial charge in [-0.1, -0.05) is 69.3 Å². The Kier molecular flexibility index (Phi) is 8.59. The van der Waals surface area contributed by atoms with E-state index < -0.39 is 6.23 Å². The zero-order valence-corrected chi connectivity index (χ0v) is 24.6. The summed E-state index contributed by atoms with van der Waals surface area (Å²) >= 11 is 1.81. The number of piperidine rings is 1. The summed E-state index contributed by atoms with van der Waals surface area (Å²) in [6.45, 7) is 12.8. The highest BCUT2D eigenvalue weighted by atomic mass is 32.2.